The van der Waals surface area contributed by atoms with E-state index in [2.05, 4.69) is 228 Å². The Bertz CT molecular complexity index is 3690. The number of rotatable bonds is 6. The summed E-state index contributed by atoms with van der Waals surface area (Å²) in [5.41, 5.74) is 20.0. The van der Waals surface area contributed by atoms with Gasteiger partial charge in [-0.1, -0.05) is 185 Å². The number of thiophene rings is 1. The van der Waals surface area contributed by atoms with Crippen LogP contribution in [0.2, 0.25) is 0 Å². The predicted octanol–water partition coefficient (Wildman–Crippen LogP) is 16.9. The van der Waals surface area contributed by atoms with E-state index in [1.165, 1.54) is 64.7 Å². The van der Waals surface area contributed by atoms with Gasteiger partial charge in [0.25, 0.3) is 0 Å². The third kappa shape index (κ3) is 6.20. The van der Waals surface area contributed by atoms with Crippen LogP contribution in [0.3, 0.4) is 0 Å². The van der Waals surface area contributed by atoms with Gasteiger partial charge < -0.3 is 0 Å². The van der Waals surface area contributed by atoms with Crippen molar-refractivity contribution in [2.24, 2.45) is 0 Å². The molecule has 0 aliphatic heterocycles. The molecule has 4 heteroatoms. The molecule has 67 heavy (non-hydrogen) atoms. The minimum Gasteiger partial charge on any atom is -0.208 e. The lowest BCUT2D eigenvalue weighted by Crippen LogP contribution is -2.15. The Kier molecular flexibility index (Phi) is 8.78. The van der Waals surface area contributed by atoms with E-state index >= 15 is 0 Å². The Balaban J connectivity index is 1.06. The Hall–Kier alpha value is -7.79. The molecule has 0 atom stereocenters. The van der Waals surface area contributed by atoms with Gasteiger partial charge in [-0.2, -0.15) is 0 Å². The second-order valence-corrected chi connectivity index (χ2v) is 20.2. The Morgan fingerprint density at radius 2 is 0.761 bits per heavy atom. The molecule has 0 amide bonds. The number of nitrogens with zero attached hydrogens (tertiary/aromatic N) is 3. The lowest BCUT2D eigenvalue weighted by atomic mass is 9.81. The standard InChI is InChI=1S/C63H45N3S/c1-62(2)53-26-13-10-20-45(53)47-31-29-39(36-55(47)62)41-33-42(40-30-32-48-46-21-11-14-27-54(46)63(3,4)56(48)37-40)35-43(34-41)59-64-60(51-23-9-8-19-44(51)38-17-6-5-7-18-38)66-61(65-59)52-25-16-24-50-49-22-12-15-28-57(49)67-58(50)52/h5-37H,1-4H3. The van der Waals surface area contributed by atoms with Gasteiger partial charge >= 0.3 is 0 Å². The lowest BCUT2D eigenvalue weighted by molar-refractivity contribution is 0.660. The molecule has 3 nitrogen and oxygen atoms in total. The number of hydrogen-bond donors (Lipinski definition) is 0. The summed E-state index contributed by atoms with van der Waals surface area (Å²) in [7, 11) is 0. The largest absolute Gasteiger partial charge is 0.208 e. The van der Waals surface area contributed by atoms with E-state index in [0.717, 1.165) is 50.1 Å². The molecule has 0 N–H and O–H groups in total. The Morgan fingerprint density at radius 3 is 1.40 bits per heavy atom. The monoisotopic (exact) mass is 875 g/mol. The molecule has 318 valence electrons. The summed E-state index contributed by atoms with van der Waals surface area (Å²) in [6.45, 7) is 9.41. The van der Waals surface area contributed by atoms with Crippen LogP contribution in [0.25, 0.3) is 110 Å². The predicted molar refractivity (Wildman–Crippen MR) is 280 cm³/mol. The van der Waals surface area contributed by atoms with E-state index < -0.39 is 0 Å². The highest BCUT2D eigenvalue weighted by Gasteiger charge is 2.37. The second kappa shape index (κ2) is 14.9. The van der Waals surface area contributed by atoms with E-state index in [4.69, 9.17) is 15.0 Å². The zero-order valence-electron chi connectivity index (χ0n) is 37.8. The van der Waals surface area contributed by atoms with Crippen molar-refractivity contribution in [2.75, 3.05) is 0 Å². The van der Waals surface area contributed by atoms with Crippen LogP contribution < -0.4 is 0 Å². The summed E-state index contributed by atoms with van der Waals surface area (Å²) >= 11 is 1.80. The van der Waals surface area contributed by atoms with Crippen LogP contribution in [0.15, 0.2) is 200 Å². The van der Waals surface area contributed by atoms with Gasteiger partial charge in [-0.05, 0) is 120 Å². The average molecular weight is 876 g/mol. The third-order valence-electron chi connectivity index (χ3n) is 14.6. The number of fused-ring (bicyclic) bond motifs is 9. The lowest BCUT2D eigenvalue weighted by Gasteiger charge is -2.22. The first-order valence-corrected chi connectivity index (χ1v) is 24.0. The molecule has 0 radical (unpaired) electrons. The molecular formula is C63H45N3S. The molecule has 9 aromatic carbocycles. The molecule has 0 spiro atoms. The van der Waals surface area contributed by atoms with Crippen LogP contribution in [-0.2, 0) is 10.8 Å². The van der Waals surface area contributed by atoms with Gasteiger partial charge in [0, 0.05) is 47.7 Å². The third-order valence-corrected chi connectivity index (χ3v) is 15.8. The van der Waals surface area contributed by atoms with Crippen molar-refractivity contribution < 1.29 is 0 Å². The second-order valence-electron chi connectivity index (χ2n) is 19.2. The molecule has 0 saturated carbocycles. The van der Waals surface area contributed by atoms with Gasteiger partial charge in [0.15, 0.2) is 17.5 Å². The Morgan fingerprint density at radius 1 is 0.299 bits per heavy atom. The fourth-order valence-electron chi connectivity index (χ4n) is 11.1. The maximum absolute atomic E-state index is 5.49. The van der Waals surface area contributed by atoms with Crippen molar-refractivity contribution >= 4 is 31.5 Å². The molecule has 2 heterocycles. The molecule has 0 unspecified atom stereocenters. The SMILES string of the molecule is CC1(C)c2ccccc2-c2ccc(-c3cc(-c4ccc5c(c4)C(C)(C)c4ccccc4-5)cc(-c4nc(-c5ccccc5-c5ccccc5)nc(-c5cccc6c5sc5ccccc56)n4)c3)cc21. The van der Waals surface area contributed by atoms with Crippen LogP contribution >= 0.6 is 11.3 Å². The first kappa shape index (κ1) is 39.6. The number of benzene rings is 9. The van der Waals surface area contributed by atoms with Crippen LogP contribution in [0.1, 0.15) is 49.9 Å². The summed E-state index contributed by atoms with van der Waals surface area (Å²) in [6.07, 6.45) is 0. The van der Waals surface area contributed by atoms with Gasteiger partial charge in [-0.15, -0.1) is 11.3 Å². The fraction of sp³-hybridized carbons (Fsp3) is 0.0952. The van der Waals surface area contributed by atoms with Gasteiger partial charge in [0.05, 0.1) is 0 Å². The van der Waals surface area contributed by atoms with Crippen molar-refractivity contribution in [1.82, 2.24) is 15.0 Å². The zero-order valence-corrected chi connectivity index (χ0v) is 38.6. The molecule has 2 aromatic heterocycles. The van der Waals surface area contributed by atoms with Crippen LogP contribution in [0, 0.1) is 0 Å². The fourth-order valence-corrected chi connectivity index (χ4v) is 12.3. The molecule has 13 rings (SSSR count). The summed E-state index contributed by atoms with van der Waals surface area (Å²) in [5, 5.41) is 2.45. The maximum atomic E-state index is 5.49. The van der Waals surface area contributed by atoms with Crippen LogP contribution in [0.5, 0.6) is 0 Å². The van der Waals surface area contributed by atoms with E-state index in [1.54, 1.807) is 11.3 Å². The topological polar surface area (TPSA) is 38.7 Å². The van der Waals surface area contributed by atoms with Gasteiger partial charge in [0.1, 0.15) is 0 Å². The molecule has 11 aromatic rings. The highest BCUT2D eigenvalue weighted by molar-refractivity contribution is 7.26. The number of hydrogen-bond acceptors (Lipinski definition) is 4. The van der Waals surface area contributed by atoms with E-state index in [0.29, 0.717) is 17.5 Å². The van der Waals surface area contributed by atoms with Crippen molar-refractivity contribution in [3.05, 3.63) is 222 Å². The smallest absolute Gasteiger partial charge is 0.165 e. The summed E-state index contributed by atoms with van der Waals surface area (Å²) in [4.78, 5) is 16.4. The molecule has 0 bridgehead atoms. The van der Waals surface area contributed by atoms with Gasteiger partial charge in [-0.3, -0.25) is 0 Å². The average Bonchev–Trinajstić information content (AvgIpc) is 3.96. The molecule has 2 aliphatic rings. The summed E-state index contributed by atoms with van der Waals surface area (Å²) in [5.74, 6) is 1.92. The number of aromatic nitrogens is 3. The zero-order chi connectivity index (χ0) is 45.0. The summed E-state index contributed by atoms with van der Waals surface area (Å²) < 4.78 is 2.41. The maximum Gasteiger partial charge on any atom is 0.165 e. The molecule has 2 aliphatic carbocycles. The van der Waals surface area contributed by atoms with E-state index in [1.807, 2.05) is 0 Å². The quantitative estimate of drug-likeness (QED) is 0.167. The minimum atomic E-state index is -0.138. The van der Waals surface area contributed by atoms with Gasteiger partial charge in [-0.25, -0.2) is 15.0 Å². The molecule has 0 saturated heterocycles. The van der Waals surface area contributed by atoms with Crippen molar-refractivity contribution in [3.63, 3.8) is 0 Å². The van der Waals surface area contributed by atoms with Crippen LogP contribution in [0.4, 0.5) is 0 Å². The van der Waals surface area contributed by atoms with Crippen LogP contribution in [-0.4, -0.2) is 15.0 Å². The summed E-state index contributed by atoms with van der Waals surface area (Å²) in [6, 6.07) is 72.9. The van der Waals surface area contributed by atoms with E-state index in [9.17, 15) is 0 Å². The first-order valence-electron chi connectivity index (χ1n) is 23.2. The van der Waals surface area contributed by atoms with Gasteiger partial charge in [0.2, 0.25) is 0 Å². The van der Waals surface area contributed by atoms with Crippen molar-refractivity contribution in [1.29, 1.82) is 0 Å². The normalized spacial score (nSPS) is 13.9. The highest BCUT2D eigenvalue weighted by Crippen LogP contribution is 2.52. The van der Waals surface area contributed by atoms with Crippen molar-refractivity contribution in [2.45, 2.75) is 38.5 Å². The first-order chi connectivity index (χ1) is 32.7. The highest BCUT2D eigenvalue weighted by atomic mass is 32.1. The molecular weight excluding hydrogens is 831 g/mol. The Labute approximate surface area is 395 Å². The minimum absolute atomic E-state index is 0.138. The molecule has 0 fully saturated rings. The van der Waals surface area contributed by atoms with Crippen molar-refractivity contribution in [3.8, 4) is 89.8 Å². The van der Waals surface area contributed by atoms with E-state index in [-0.39, 0.29) is 10.8 Å².